The summed E-state index contributed by atoms with van der Waals surface area (Å²) < 4.78 is 49.3. The Balaban J connectivity index is 2.65. The molecule has 0 spiro atoms. The molecule has 10 atom stereocenters. The van der Waals surface area contributed by atoms with Crippen molar-refractivity contribution in [2.24, 2.45) is 0 Å². The summed E-state index contributed by atoms with van der Waals surface area (Å²) in [4.78, 5) is 54.4. The van der Waals surface area contributed by atoms with Crippen LogP contribution >= 0.6 is 15.6 Å². The standard InChI is InChI=1S/C51H88O18P2/c1-3-5-7-8-9-10-11-12-13-14-15-16-17-18-19-23-31-37-44(54)65-39-43(40-66-71(63,64)69-51-48(58)46(56)47(57)50(49(51)59)68-70(60,61)62)67-45(55)38-32-24-21-20-22-28-34-42(53)36-30-26-25-29-35-41(52)33-27-6-4-2/h6,21-22,24-30,35-36,41-43,46-53,56-59H,3-5,7-20,23,31-34,37-40H2,1-2H3,(H,63,64)(H2,60,61,62)/b24-21-,26-25-,27-6-,28-22-,35-29+,36-30+/t41-,42+,43+,46?,47?,48?,49?,50+,51-/m0/s1. The Morgan fingerprint density at radius 2 is 1.01 bits per heavy atom. The van der Waals surface area contributed by atoms with Crippen molar-refractivity contribution in [2.75, 3.05) is 13.2 Å². The van der Waals surface area contributed by atoms with Crippen LogP contribution in [0.1, 0.15) is 168 Å². The fraction of sp³-hybridized carbons (Fsp3) is 0.725. The second-order valence-electron chi connectivity index (χ2n) is 17.9. The molecule has 9 N–H and O–H groups in total. The number of hydrogen-bond donors (Lipinski definition) is 9. The molecule has 71 heavy (non-hydrogen) atoms. The fourth-order valence-corrected chi connectivity index (χ4v) is 9.00. The molecule has 1 rings (SSSR count). The number of aliphatic hydroxyl groups is 6. The zero-order chi connectivity index (χ0) is 52.8. The van der Waals surface area contributed by atoms with Crippen LogP contribution in [-0.2, 0) is 41.8 Å². The number of phosphoric ester groups is 2. The first-order valence-corrected chi connectivity index (χ1v) is 28.7. The molecule has 0 amide bonds. The molecule has 0 saturated heterocycles. The number of hydrogen-bond acceptors (Lipinski definition) is 15. The van der Waals surface area contributed by atoms with Gasteiger partial charge in [0.2, 0.25) is 0 Å². The zero-order valence-corrected chi connectivity index (χ0v) is 43.9. The van der Waals surface area contributed by atoms with Crippen LogP contribution in [0.25, 0.3) is 0 Å². The predicted octanol–water partition coefficient (Wildman–Crippen LogP) is 8.34. The third kappa shape index (κ3) is 35.2. The topological polar surface area (TPSA) is 296 Å². The molecule has 0 aromatic heterocycles. The largest absolute Gasteiger partial charge is 0.472 e. The van der Waals surface area contributed by atoms with E-state index in [0.717, 1.165) is 32.1 Å². The first-order chi connectivity index (χ1) is 33.9. The minimum absolute atomic E-state index is 0.0829. The Bertz CT molecular complexity index is 1680. The van der Waals surface area contributed by atoms with Gasteiger partial charge in [-0.3, -0.25) is 23.2 Å². The van der Waals surface area contributed by atoms with Crippen LogP contribution in [0.3, 0.4) is 0 Å². The van der Waals surface area contributed by atoms with Crippen LogP contribution < -0.4 is 0 Å². The normalized spacial score (nSPS) is 22.4. The van der Waals surface area contributed by atoms with Gasteiger partial charge in [-0.1, -0.05) is 189 Å². The summed E-state index contributed by atoms with van der Waals surface area (Å²) in [7, 11) is -10.8. The summed E-state index contributed by atoms with van der Waals surface area (Å²) in [5, 5.41) is 61.3. The van der Waals surface area contributed by atoms with Crippen molar-refractivity contribution >= 4 is 27.6 Å². The summed E-state index contributed by atoms with van der Waals surface area (Å²) in [6.45, 7) is 2.79. The Labute approximate surface area is 422 Å². The summed E-state index contributed by atoms with van der Waals surface area (Å²) in [5.74, 6) is -1.37. The zero-order valence-electron chi connectivity index (χ0n) is 42.1. The van der Waals surface area contributed by atoms with E-state index >= 15 is 0 Å². The highest BCUT2D eigenvalue weighted by atomic mass is 31.2. The lowest BCUT2D eigenvalue weighted by Gasteiger charge is -2.43. The molecule has 0 bridgehead atoms. The van der Waals surface area contributed by atoms with E-state index in [9.17, 15) is 64.0 Å². The van der Waals surface area contributed by atoms with Gasteiger partial charge in [-0.25, -0.2) is 9.13 Å². The van der Waals surface area contributed by atoms with Crippen LogP contribution in [0.4, 0.5) is 0 Å². The quantitative estimate of drug-likeness (QED) is 0.00912. The van der Waals surface area contributed by atoms with Crippen molar-refractivity contribution < 1.29 is 87.1 Å². The van der Waals surface area contributed by atoms with Gasteiger partial charge in [-0.05, 0) is 38.5 Å². The lowest BCUT2D eigenvalue weighted by molar-refractivity contribution is -0.216. The molecule has 5 unspecified atom stereocenters. The van der Waals surface area contributed by atoms with E-state index in [1.165, 1.54) is 77.0 Å². The van der Waals surface area contributed by atoms with E-state index in [2.05, 4.69) is 11.4 Å². The van der Waals surface area contributed by atoms with Gasteiger partial charge in [-0.2, -0.15) is 0 Å². The van der Waals surface area contributed by atoms with Gasteiger partial charge in [0, 0.05) is 12.8 Å². The summed E-state index contributed by atoms with van der Waals surface area (Å²) in [6.07, 6.45) is 27.7. The van der Waals surface area contributed by atoms with Crippen LogP contribution in [0.5, 0.6) is 0 Å². The van der Waals surface area contributed by atoms with E-state index in [1.807, 2.05) is 31.2 Å². The molecule has 1 saturated carbocycles. The van der Waals surface area contributed by atoms with Crippen molar-refractivity contribution in [3.8, 4) is 0 Å². The van der Waals surface area contributed by atoms with Gasteiger partial charge in [0.1, 0.15) is 43.2 Å². The average Bonchev–Trinajstić information content (AvgIpc) is 3.32. The molecule has 0 radical (unpaired) electrons. The lowest BCUT2D eigenvalue weighted by Crippen LogP contribution is -2.64. The number of aliphatic hydroxyl groups excluding tert-OH is 6. The smallest absolute Gasteiger partial charge is 0.462 e. The third-order valence-corrected chi connectivity index (χ3v) is 13.0. The number of carbonyl (C=O) groups is 2. The third-order valence-electron chi connectivity index (χ3n) is 11.5. The van der Waals surface area contributed by atoms with Crippen LogP contribution in [-0.4, -0.2) is 125 Å². The summed E-state index contributed by atoms with van der Waals surface area (Å²) in [5.41, 5.74) is 0. The van der Waals surface area contributed by atoms with Crippen molar-refractivity contribution in [3.63, 3.8) is 0 Å². The summed E-state index contributed by atoms with van der Waals surface area (Å²) in [6, 6.07) is 0. The van der Waals surface area contributed by atoms with Gasteiger partial charge in [0.25, 0.3) is 0 Å². The van der Waals surface area contributed by atoms with Gasteiger partial charge >= 0.3 is 27.6 Å². The molecule has 0 aromatic rings. The van der Waals surface area contributed by atoms with Crippen molar-refractivity contribution in [1.29, 1.82) is 0 Å². The number of phosphoric acid groups is 2. The van der Waals surface area contributed by atoms with Gasteiger partial charge in [-0.15, -0.1) is 0 Å². The van der Waals surface area contributed by atoms with Gasteiger partial charge < -0.3 is 54.8 Å². The van der Waals surface area contributed by atoms with E-state index in [1.54, 1.807) is 48.6 Å². The first-order valence-electron chi connectivity index (χ1n) is 25.7. The number of ether oxygens (including phenoxy) is 2. The van der Waals surface area contributed by atoms with Crippen molar-refractivity contribution in [2.45, 2.75) is 223 Å². The van der Waals surface area contributed by atoms with Gasteiger partial charge in [0.15, 0.2) is 6.10 Å². The second-order valence-corrected chi connectivity index (χ2v) is 20.5. The van der Waals surface area contributed by atoms with Crippen molar-refractivity contribution in [1.82, 2.24) is 0 Å². The first kappa shape index (κ1) is 66.4. The maximum absolute atomic E-state index is 13.0. The number of allylic oxidation sites excluding steroid dienone is 8. The number of rotatable bonds is 42. The highest BCUT2D eigenvalue weighted by Gasteiger charge is 2.54. The van der Waals surface area contributed by atoms with E-state index in [0.29, 0.717) is 25.7 Å². The number of esters is 2. The van der Waals surface area contributed by atoms with Crippen LogP contribution in [0, 0.1) is 0 Å². The van der Waals surface area contributed by atoms with Crippen LogP contribution in [0.2, 0.25) is 0 Å². The van der Waals surface area contributed by atoms with E-state index in [-0.39, 0.29) is 19.3 Å². The molecule has 1 fully saturated rings. The van der Waals surface area contributed by atoms with Crippen LogP contribution in [0.15, 0.2) is 72.9 Å². The predicted molar refractivity (Wildman–Crippen MR) is 271 cm³/mol. The minimum atomic E-state index is -5.39. The highest BCUT2D eigenvalue weighted by molar-refractivity contribution is 7.47. The Hall–Kier alpha value is -2.64. The monoisotopic (exact) mass is 1050 g/mol. The molecule has 0 aliphatic heterocycles. The van der Waals surface area contributed by atoms with E-state index in [4.69, 9.17) is 18.5 Å². The lowest BCUT2D eigenvalue weighted by atomic mass is 9.85. The minimum Gasteiger partial charge on any atom is -0.462 e. The molecule has 20 heteroatoms. The Morgan fingerprint density at radius 1 is 0.535 bits per heavy atom. The Kier molecular flexibility index (Phi) is 38.1. The second kappa shape index (κ2) is 40.7. The fourth-order valence-electron chi connectivity index (χ4n) is 7.46. The molecule has 1 aliphatic carbocycles. The maximum atomic E-state index is 13.0. The number of unbranched alkanes of at least 4 members (excludes halogenated alkanes) is 16. The Morgan fingerprint density at radius 3 is 1.52 bits per heavy atom. The maximum Gasteiger partial charge on any atom is 0.472 e. The van der Waals surface area contributed by atoms with Crippen molar-refractivity contribution in [3.05, 3.63) is 72.9 Å². The molecule has 410 valence electrons. The molecular weight excluding hydrogens is 962 g/mol. The molecule has 18 nitrogen and oxygen atoms in total. The molecule has 1 aliphatic rings. The highest BCUT2D eigenvalue weighted by Crippen LogP contribution is 2.49. The van der Waals surface area contributed by atoms with E-state index < -0.39 is 95.7 Å². The number of carbonyl (C=O) groups excluding carboxylic acids is 2. The van der Waals surface area contributed by atoms with Gasteiger partial charge in [0.05, 0.1) is 18.8 Å². The molecule has 0 aromatic carbocycles. The molecule has 0 heterocycles. The molecular formula is C51H88O18P2. The summed E-state index contributed by atoms with van der Waals surface area (Å²) >= 11 is 0. The SMILES string of the molecule is CC/C=C\C[C@H](O)/C=C/C=C\C=C\[C@H](O)C/C=C\C/C=C\CCC(=O)O[C@H](COC(=O)CCCCCCCCCCCCCCCCCCC)COP(=O)(O)O[C@H]1C(O)C(O)C(O)[C@@H](OP(=O)(O)O)C1O. The average molecular weight is 1050 g/mol.